The van der Waals surface area contributed by atoms with Crippen molar-refractivity contribution in [3.05, 3.63) is 29.9 Å². The number of aryl methyl sites for hydroxylation is 1. The second-order valence-corrected chi connectivity index (χ2v) is 5.32. The third-order valence-electron chi connectivity index (χ3n) is 3.72. The number of amides is 1. The number of allylic oxidation sites excluding steroid dienone is 1. The van der Waals surface area contributed by atoms with Gasteiger partial charge in [0, 0.05) is 31.4 Å². The number of imidazole rings is 1. The lowest BCUT2D eigenvalue weighted by molar-refractivity contribution is -0.121. The van der Waals surface area contributed by atoms with Gasteiger partial charge in [0.1, 0.15) is 5.82 Å². The standard InChI is InChI=1S/C15H23N3O/c1-12(18-9-8-16-13(18)2)10-15(19)17-11-14-6-4-3-5-7-14/h6,8-9,12H,3-5,7,10-11H2,1-2H3,(H,17,19). The van der Waals surface area contributed by atoms with Gasteiger partial charge in [-0.3, -0.25) is 4.79 Å². The van der Waals surface area contributed by atoms with Crippen LogP contribution in [0.2, 0.25) is 0 Å². The van der Waals surface area contributed by atoms with Gasteiger partial charge in [0.25, 0.3) is 0 Å². The first-order valence-electron chi connectivity index (χ1n) is 7.11. The van der Waals surface area contributed by atoms with Crippen LogP contribution in [-0.2, 0) is 4.79 Å². The van der Waals surface area contributed by atoms with Crippen molar-refractivity contribution in [2.45, 2.75) is 52.0 Å². The van der Waals surface area contributed by atoms with E-state index < -0.39 is 0 Å². The first-order valence-corrected chi connectivity index (χ1v) is 7.11. The average molecular weight is 261 g/mol. The molecule has 0 bridgehead atoms. The number of hydrogen-bond donors (Lipinski definition) is 1. The molecule has 4 nitrogen and oxygen atoms in total. The number of carbonyl (C=O) groups excluding carboxylic acids is 1. The van der Waals surface area contributed by atoms with Crippen LogP contribution in [0.25, 0.3) is 0 Å². The Morgan fingerprint density at radius 3 is 3.00 bits per heavy atom. The van der Waals surface area contributed by atoms with Crippen LogP contribution in [0.5, 0.6) is 0 Å². The molecule has 1 aliphatic carbocycles. The summed E-state index contributed by atoms with van der Waals surface area (Å²) in [6.45, 7) is 4.73. The summed E-state index contributed by atoms with van der Waals surface area (Å²) in [6.07, 6.45) is 11.3. The molecule has 1 aliphatic rings. The van der Waals surface area contributed by atoms with Gasteiger partial charge in [-0.25, -0.2) is 4.98 Å². The van der Waals surface area contributed by atoms with Crippen LogP contribution in [0.15, 0.2) is 24.0 Å². The Kier molecular flexibility index (Phi) is 4.77. The summed E-state index contributed by atoms with van der Waals surface area (Å²) in [7, 11) is 0. The van der Waals surface area contributed by atoms with Crippen molar-refractivity contribution in [3.63, 3.8) is 0 Å². The third-order valence-corrected chi connectivity index (χ3v) is 3.72. The Labute approximate surface area is 114 Å². The fraction of sp³-hybridized carbons (Fsp3) is 0.600. The van der Waals surface area contributed by atoms with E-state index in [-0.39, 0.29) is 11.9 Å². The SMILES string of the molecule is Cc1nccn1C(C)CC(=O)NCC1=CCCCC1. The fourth-order valence-corrected chi connectivity index (χ4v) is 2.57. The highest BCUT2D eigenvalue weighted by atomic mass is 16.1. The van der Waals surface area contributed by atoms with Crippen LogP contribution in [0.3, 0.4) is 0 Å². The van der Waals surface area contributed by atoms with Gasteiger partial charge in [-0.05, 0) is 39.5 Å². The summed E-state index contributed by atoms with van der Waals surface area (Å²) in [4.78, 5) is 16.1. The molecule has 0 fully saturated rings. The quantitative estimate of drug-likeness (QED) is 0.828. The molecule has 104 valence electrons. The van der Waals surface area contributed by atoms with Crippen molar-refractivity contribution >= 4 is 5.91 Å². The molecule has 0 spiro atoms. The molecule has 1 atom stereocenters. The predicted octanol–water partition coefficient (Wildman–Crippen LogP) is 2.76. The van der Waals surface area contributed by atoms with Crippen LogP contribution in [0, 0.1) is 6.92 Å². The first-order chi connectivity index (χ1) is 9.16. The molecule has 0 saturated carbocycles. The first kappa shape index (κ1) is 13.8. The van der Waals surface area contributed by atoms with Crippen molar-refractivity contribution in [2.75, 3.05) is 6.54 Å². The Morgan fingerprint density at radius 1 is 1.53 bits per heavy atom. The summed E-state index contributed by atoms with van der Waals surface area (Å²) in [6, 6.07) is 0.155. The Bertz CT molecular complexity index is 462. The van der Waals surface area contributed by atoms with E-state index in [1.165, 1.54) is 18.4 Å². The molecule has 0 aromatic carbocycles. The Hall–Kier alpha value is -1.58. The monoisotopic (exact) mass is 261 g/mol. The second kappa shape index (κ2) is 6.55. The number of carbonyl (C=O) groups is 1. The van der Waals surface area contributed by atoms with Crippen molar-refractivity contribution in [2.24, 2.45) is 0 Å². The average Bonchev–Trinajstić information content (AvgIpc) is 2.84. The van der Waals surface area contributed by atoms with E-state index in [0.29, 0.717) is 13.0 Å². The van der Waals surface area contributed by atoms with Crippen molar-refractivity contribution in [1.82, 2.24) is 14.9 Å². The maximum atomic E-state index is 11.9. The highest BCUT2D eigenvalue weighted by molar-refractivity contribution is 5.76. The molecule has 2 rings (SSSR count). The van der Waals surface area contributed by atoms with Gasteiger partial charge in [-0.2, -0.15) is 0 Å². The molecule has 1 aromatic rings. The fourth-order valence-electron chi connectivity index (χ4n) is 2.57. The van der Waals surface area contributed by atoms with Crippen LogP contribution in [-0.4, -0.2) is 22.0 Å². The van der Waals surface area contributed by atoms with E-state index in [1.54, 1.807) is 6.20 Å². The van der Waals surface area contributed by atoms with Crippen molar-refractivity contribution in [3.8, 4) is 0 Å². The molecule has 0 radical (unpaired) electrons. The number of nitrogens with one attached hydrogen (secondary N) is 1. The lowest BCUT2D eigenvalue weighted by atomic mass is 10.00. The van der Waals surface area contributed by atoms with Gasteiger partial charge < -0.3 is 9.88 Å². The molecule has 1 aromatic heterocycles. The van der Waals surface area contributed by atoms with Gasteiger partial charge in [-0.1, -0.05) is 11.6 Å². The van der Waals surface area contributed by atoms with Gasteiger partial charge in [0.15, 0.2) is 0 Å². The molecule has 1 amide bonds. The van der Waals surface area contributed by atoms with E-state index in [9.17, 15) is 4.79 Å². The zero-order valence-electron chi connectivity index (χ0n) is 11.9. The Morgan fingerprint density at radius 2 is 2.37 bits per heavy atom. The van der Waals surface area contributed by atoms with Crippen LogP contribution in [0.1, 0.15) is 50.9 Å². The highest BCUT2D eigenvalue weighted by Gasteiger charge is 2.12. The summed E-state index contributed by atoms with van der Waals surface area (Å²) in [5.74, 6) is 1.07. The lowest BCUT2D eigenvalue weighted by Crippen LogP contribution is -2.28. The minimum Gasteiger partial charge on any atom is -0.352 e. The molecular formula is C15H23N3O. The summed E-state index contributed by atoms with van der Waals surface area (Å²) in [5, 5.41) is 3.02. The molecule has 0 saturated heterocycles. The molecule has 19 heavy (non-hydrogen) atoms. The topological polar surface area (TPSA) is 46.9 Å². The van der Waals surface area contributed by atoms with Gasteiger partial charge in [0.05, 0.1) is 0 Å². The molecule has 4 heteroatoms. The van der Waals surface area contributed by atoms with Crippen LogP contribution < -0.4 is 5.32 Å². The van der Waals surface area contributed by atoms with E-state index in [2.05, 4.69) is 16.4 Å². The largest absolute Gasteiger partial charge is 0.352 e. The van der Waals surface area contributed by atoms with Gasteiger partial charge >= 0.3 is 0 Å². The summed E-state index contributed by atoms with van der Waals surface area (Å²) in [5.41, 5.74) is 1.38. The molecule has 1 N–H and O–H groups in total. The maximum Gasteiger partial charge on any atom is 0.222 e. The zero-order valence-corrected chi connectivity index (χ0v) is 11.9. The zero-order chi connectivity index (χ0) is 13.7. The predicted molar refractivity (Wildman–Crippen MR) is 75.9 cm³/mol. The van der Waals surface area contributed by atoms with Crippen molar-refractivity contribution in [1.29, 1.82) is 0 Å². The number of aromatic nitrogens is 2. The van der Waals surface area contributed by atoms with E-state index in [1.807, 2.05) is 24.6 Å². The molecule has 1 heterocycles. The second-order valence-electron chi connectivity index (χ2n) is 5.32. The smallest absolute Gasteiger partial charge is 0.222 e. The van der Waals surface area contributed by atoms with Crippen LogP contribution in [0.4, 0.5) is 0 Å². The third kappa shape index (κ3) is 3.94. The number of rotatable bonds is 5. The number of nitrogens with zero attached hydrogens (tertiary/aromatic N) is 2. The molecule has 0 aliphatic heterocycles. The lowest BCUT2D eigenvalue weighted by Gasteiger charge is -2.16. The maximum absolute atomic E-state index is 11.9. The Balaban J connectivity index is 1.78. The van der Waals surface area contributed by atoms with E-state index in [4.69, 9.17) is 0 Å². The summed E-state index contributed by atoms with van der Waals surface area (Å²) >= 11 is 0. The van der Waals surface area contributed by atoms with Gasteiger partial charge in [0.2, 0.25) is 5.91 Å². The highest BCUT2D eigenvalue weighted by Crippen LogP contribution is 2.17. The number of hydrogen-bond acceptors (Lipinski definition) is 2. The van der Waals surface area contributed by atoms with E-state index in [0.717, 1.165) is 18.7 Å². The normalized spacial score (nSPS) is 16.8. The minimum absolute atomic E-state index is 0.118. The van der Waals surface area contributed by atoms with Gasteiger partial charge in [-0.15, -0.1) is 0 Å². The minimum atomic E-state index is 0.118. The summed E-state index contributed by atoms with van der Waals surface area (Å²) < 4.78 is 2.04. The van der Waals surface area contributed by atoms with E-state index >= 15 is 0 Å². The van der Waals surface area contributed by atoms with Crippen molar-refractivity contribution < 1.29 is 4.79 Å². The molecule has 1 unspecified atom stereocenters. The van der Waals surface area contributed by atoms with Crippen LogP contribution >= 0.6 is 0 Å². The molecular weight excluding hydrogens is 238 g/mol.